The van der Waals surface area contributed by atoms with E-state index >= 15 is 0 Å². The van der Waals surface area contributed by atoms with E-state index in [9.17, 15) is 5.26 Å². The molecule has 49 heavy (non-hydrogen) atoms. The highest BCUT2D eigenvalue weighted by Gasteiger charge is 2.42. The van der Waals surface area contributed by atoms with Crippen LogP contribution in [0.5, 0.6) is 11.6 Å². The summed E-state index contributed by atoms with van der Waals surface area (Å²) in [5.74, 6) is 1.32. The third-order valence-corrected chi connectivity index (χ3v) is 8.94. The fraction of sp³-hybridized carbons (Fsp3) is 0.412. The molecule has 5 heterocycles. The van der Waals surface area contributed by atoms with Crippen LogP contribution in [-0.4, -0.2) is 82.2 Å². The van der Waals surface area contributed by atoms with Gasteiger partial charge in [-0.1, -0.05) is 18.6 Å². The average molecular weight is 663 g/mol. The highest BCUT2D eigenvalue weighted by molar-refractivity contribution is 5.67. The topological polar surface area (TPSA) is 167 Å². The van der Waals surface area contributed by atoms with Crippen molar-refractivity contribution in [1.29, 1.82) is 5.26 Å². The van der Waals surface area contributed by atoms with Gasteiger partial charge in [0.05, 0.1) is 37.2 Å². The van der Waals surface area contributed by atoms with Crippen molar-refractivity contribution in [2.45, 2.75) is 63.9 Å². The minimum absolute atomic E-state index is 0.255. The second-order valence-corrected chi connectivity index (χ2v) is 12.2. The zero-order valence-electron chi connectivity index (χ0n) is 27.4. The van der Waals surface area contributed by atoms with E-state index in [-0.39, 0.29) is 18.4 Å². The summed E-state index contributed by atoms with van der Waals surface area (Å²) in [6.45, 7) is 5.74. The summed E-state index contributed by atoms with van der Waals surface area (Å²) < 4.78 is 21.8. The highest BCUT2D eigenvalue weighted by atomic mass is 16.5. The van der Waals surface area contributed by atoms with Crippen molar-refractivity contribution in [2.24, 2.45) is 0 Å². The summed E-state index contributed by atoms with van der Waals surface area (Å²) in [5.41, 5.74) is 3.23. The van der Waals surface area contributed by atoms with E-state index in [2.05, 4.69) is 51.4 Å². The molecule has 1 aliphatic heterocycles. The SMILES string of the molecule is CC(Cn1cnnn1)Oc1cc(-c2cnc(Nc3cn(C4(N5CCOCC5)CCCCC4)nc3OCc3ccccn3)nc2)ccc1C#N. The molecule has 1 saturated heterocycles. The highest BCUT2D eigenvalue weighted by Crippen LogP contribution is 2.41. The third kappa shape index (κ3) is 7.35. The zero-order chi connectivity index (χ0) is 33.5. The van der Waals surface area contributed by atoms with E-state index in [1.54, 1.807) is 29.3 Å². The van der Waals surface area contributed by atoms with Crippen LogP contribution in [0, 0.1) is 11.3 Å². The molecule has 5 aromatic rings. The Hall–Kier alpha value is -5.46. The number of benzene rings is 1. The van der Waals surface area contributed by atoms with Crippen molar-refractivity contribution in [1.82, 2.24) is 49.8 Å². The number of ether oxygens (including phenoxy) is 3. The summed E-state index contributed by atoms with van der Waals surface area (Å²) in [6, 6.07) is 13.4. The Labute approximate surface area is 283 Å². The number of rotatable bonds is 12. The molecule has 252 valence electrons. The number of hydrogen-bond donors (Lipinski definition) is 1. The maximum atomic E-state index is 9.70. The largest absolute Gasteiger partial charge is 0.487 e. The molecule has 15 heteroatoms. The van der Waals surface area contributed by atoms with Crippen molar-refractivity contribution in [3.05, 3.63) is 78.8 Å². The molecule has 15 nitrogen and oxygen atoms in total. The van der Waals surface area contributed by atoms with E-state index in [0.29, 0.717) is 48.6 Å². The number of anilines is 2. The lowest BCUT2D eigenvalue weighted by Gasteiger charge is -2.47. The van der Waals surface area contributed by atoms with Crippen LogP contribution in [0.15, 0.2) is 67.5 Å². The second kappa shape index (κ2) is 14.8. The number of aromatic nitrogens is 9. The lowest BCUT2D eigenvalue weighted by Crippen LogP contribution is -2.56. The number of tetrazole rings is 1. The molecule has 1 aliphatic carbocycles. The standard InChI is InChI=1S/C34H38N12O3/c1-25(21-45-24-39-42-43-45)49-31-17-26(8-9-27(31)18-35)28-19-37-33(38-20-28)40-30-22-46(41-32(30)48-23-29-7-3-6-12-36-29)34(10-4-2-5-11-34)44-13-15-47-16-14-44/h3,6-9,12,17,19-20,22,24-25H,2,4-5,10-11,13-16,21,23H2,1H3,(H,37,38,40). The van der Waals surface area contributed by atoms with Gasteiger partial charge >= 0.3 is 0 Å². The molecule has 1 N–H and O–H groups in total. The molecule has 1 saturated carbocycles. The van der Waals surface area contributed by atoms with E-state index in [4.69, 9.17) is 19.3 Å². The Morgan fingerprint density at radius 3 is 2.61 bits per heavy atom. The van der Waals surface area contributed by atoms with Crippen LogP contribution >= 0.6 is 0 Å². The van der Waals surface area contributed by atoms with Crippen LogP contribution in [0.25, 0.3) is 11.1 Å². The van der Waals surface area contributed by atoms with E-state index < -0.39 is 0 Å². The van der Waals surface area contributed by atoms with Crippen LogP contribution in [0.4, 0.5) is 11.6 Å². The Balaban J connectivity index is 1.13. The van der Waals surface area contributed by atoms with Crippen LogP contribution in [0.3, 0.4) is 0 Å². The van der Waals surface area contributed by atoms with Gasteiger partial charge < -0.3 is 19.5 Å². The number of morpholine rings is 1. The predicted octanol–water partition coefficient (Wildman–Crippen LogP) is 4.33. The quantitative estimate of drug-likeness (QED) is 0.201. The van der Waals surface area contributed by atoms with Gasteiger partial charge in [0.15, 0.2) is 0 Å². The minimum atomic E-state index is -0.278. The van der Waals surface area contributed by atoms with Crippen molar-refractivity contribution in [2.75, 3.05) is 31.6 Å². The van der Waals surface area contributed by atoms with Crippen molar-refractivity contribution in [3.8, 4) is 28.8 Å². The molecule has 1 atom stereocenters. The molecular weight excluding hydrogens is 624 g/mol. The lowest BCUT2D eigenvalue weighted by atomic mass is 9.87. The Bertz CT molecular complexity index is 1850. The normalized spacial score (nSPS) is 16.8. The summed E-state index contributed by atoms with van der Waals surface area (Å²) in [6.07, 6.45) is 14.0. The van der Waals surface area contributed by atoms with Crippen LogP contribution in [0.1, 0.15) is 50.3 Å². The first-order chi connectivity index (χ1) is 24.1. The van der Waals surface area contributed by atoms with Gasteiger partial charge in [-0.3, -0.25) is 9.88 Å². The van der Waals surface area contributed by atoms with E-state index in [1.807, 2.05) is 43.5 Å². The first-order valence-corrected chi connectivity index (χ1v) is 16.6. The average Bonchev–Trinajstić information content (AvgIpc) is 3.82. The van der Waals surface area contributed by atoms with Gasteiger partial charge in [0.2, 0.25) is 5.95 Å². The number of hydrogen-bond acceptors (Lipinski definition) is 13. The predicted molar refractivity (Wildman–Crippen MR) is 178 cm³/mol. The lowest BCUT2D eigenvalue weighted by molar-refractivity contribution is -0.0836. The maximum Gasteiger partial charge on any atom is 0.257 e. The smallest absolute Gasteiger partial charge is 0.257 e. The molecule has 7 rings (SSSR count). The molecule has 1 aromatic carbocycles. The molecule has 0 radical (unpaired) electrons. The van der Waals surface area contributed by atoms with E-state index in [0.717, 1.165) is 55.6 Å². The van der Waals surface area contributed by atoms with Crippen LogP contribution in [0.2, 0.25) is 0 Å². The molecule has 1 unspecified atom stereocenters. The number of nitrogens with zero attached hydrogens (tertiary/aromatic N) is 11. The summed E-state index contributed by atoms with van der Waals surface area (Å²) in [7, 11) is 0. The molecule has 0 spiro atoms. The van der Waals surface area contributed by atoms with Gasteiger partial charge in [-0.15, -0.1) is 10.2 Å². The fourth-order valence-corrected chi connectivity index (χ4v) is 6.51. The number of nitrogens with one attached hydrogen (secondary N) is 1. The van der Waals surface area contributed by atoms with Crippen molar-refractivity contribution >= 4 is 11.6 Å². The molecule has 4 aromatic heterocycles. The van der Waals surface area contributed by atoms with E-state index in [1.165, 1.54) is 12.7 Å². The van der Waals surface area contributed by atoms with Crippen LogP contribution < -0.4 is 14.8 Å². The van der Waals surface area contributed by atoms with Gasteiger partial charge in [-0.05, 0) is 72.9 Å². The second-order valence-electron chi connectivity index (χ2n) is 12.2. The van der Waals surface area contributed by atoms with Gasteiger partial charge in [-0.2, -0.15) is 5.26 Å². The molecule has 0 amide bonds. The van der Waals surface area contributed by atoms with Gasteiger partial charge in [-0.25, -0.2) is 19.3 Å². The number of nitriles is 1. The maximum absolute atomic E-state index is 9.70. The zero-order valence-corrected chi connectivity index (χ0v) is 27.4. The summed E-state index contributed by atoms with van der Waals surface area (Å²) >= 11 is 0. The molecule has 2 aliphatic rings. The van der Waals surface area contributed by atoms with Crippen LogP contribution in [-0.2, 0) is 23.6 Å². The third-order valence-electron chi connectivity index (χ3n) is 8.94. The van der Waals surface area contributed by atoms with Gasteiger partial charge in [0.25, 0.3) is 5.88 Å². The Morgan fingerprint density at radius 2 is 1.88 bits per heavy atom. The monoisotopic (exact) mass is 662 g/mol. The molecule has 2 fully saturated rings. The van der Waals surface area contributed by atoms with Crippen molar-refractivity contribution < 1.29 is 14.2 Å². The summed E-state index contributed by atoms with van der Waals surface area (Å²) in [5, 5.41) is 29.3. The number of pyridine rings is 1. The Morgan fingerprint density at radius 1 is 1.04 bits per heavy atom. The first kappa shape index (κ1) is 32.1. The first-order valence-electron chi connectivity index (χ1n) is 16.6. The minimum Gasteiger partial charge on any atom is -0.487 e. The fourth-order valence-electron chi connectivity index (χ4n) is 6.51. The summed E-state index contributed by atoms with van der Waals surface area (Å²) in [4.78, 5) is 16.2. The molecule has 0 bridgehead atoms. The van der Waals surface area contributed by atoms with Gasteiger partial charge in [0.1, 0.15) is 42.2 Å². The van der Waals surface area contributed by atoms with Crippen molar-refractivity contribution in [3.63, 3.8) is 0 Å². The molecular formula is C34H38N12O3. The van der Waals surface area contributed by atoms with Gasteiger partial charge in [0, 0.05) is 37.2 Å². The Kier molecular flexibility index (Phi) is 9.67.